The van der Waals surface area contributed by atoms with Crippen LogP contribution in [0.2, 0.25) is 0 Å². The van der Waals surface area contributed by atoms with E-state index in [1.54, 1.807) is 0 Å². The first-order valence-electron chi connectivity index (χ1n) is 22.5. The summed E-state index contributed by atoms with van der Waals surface area (Å²) in [7, 11) is 0. The summed E-state index contributed by atoms with van der Waals surface area (Å²) in [4.78, 5) is 2.35. The fourth-order valence-electron chi connectivity index (χ4n) is 9.39. The van der Waals surface area contributed by atoms with E-state index in [0.717, 1.165) is 56.0 Å². The number of anilines is 3. The minimum Gasteiger partial charge on any atom is -0.456 e. The summed E-state index contributed by atoms with van der Waals surface area (Å²) in [6, 6.07) is 93.9. The molecule has 310 valence electrons. The normalized spacial score (nSPS) is 11.3. The summed E-state index contributed by atoms with van der Waals surface area (Å²) in [5, 5.41) is 6.18. The van der Waals surface area contributed by atoms with Crippen molar-refractivity contribution in [2.75, 3.05) is 4.90 Å². The van der Waals surface area contributed by atoms with Gasteiger partial charge in [-0.3, -0.25) is 0 Å². The average Bonchev–Trinajstić information content (AvgIpc) is 3.85. The van der Waals surface area contributed by atoms with Crippen molar-refractivity contribution < 1.29 is 4.42 Å². The predicted octanol–water partition coefficient (Wildman–Crippen LogP) is 18.2. The maximum absolute atomic E-state index is 6.19. The molecular weight excluding hydrogens is 799 g/mol. The highest BCUT2D eigenvalue weighted by molar-refractivity contribution is 6.08. The number of nitrogens with zero attached hydrogens (tertiary/aromatic N) is 1. The lowest BCUT2D eigenvalue weighted by Crippen LogP contribution is -2.09. The lowest BCUT2D eigenvalue weighted by Gasteiger charge is -2.26. The molecule has 0 aliphatic rings. The summed E-state index contributed by atoms with van der Waals surface area (Å²) in [5.74, 6) is 0.878. The van der Waals surface area contributed by atoms with E-state index in [4.69, 9.17) is 4.42 Å². The second kappa shape index (κ2) is 16.8. The van der Waals surface area contributed by atoms with Crippen molar-refractivity contribution in [3.63, 3.8) is 0 Å². The molecule has 2 nitrogen and oxygen atoms in total. The summed E-state index contributed by atoms with van der Waals surface area (Å²) in [6.45, 7) is 0. The molecule has 0 aliphatic carbocycles. The van der Waals surface area contributed by atoms with E-state index >= 15 is 0 Å². The molecule has 0 spiro atoms. The third-order valence-electron chi connectivity index (χ3n) is 12.9. The molecule has 1 aromatic heterocycles. The average molecular weight is 842 g/mol. The zero-order valence-corrected chi connectivity index (χ0v) is 36.2. The van der Waals surface area contributed by atoms with Crippen LogP contribution in [0.4, 0.5) is 17.1 Å². The van der Waals surface area contributed by atoms with Crippen molar-refractivity contribution in [2.24, 2.45) is 0 Å². The van der Waals surface area contributed by atoms with Crippen LogP contribution in [0.5, 0.6) is 0 Å². The highest BCUT2D eigenvalue weighted by Crippen LogP contribution is 2.39. The molecule has 0 atom stereocenters. The Morgan fingerprint density at radius 3 is 1.21 bits per heavy atom. The molecular formula is C64H43NO. The van der Waals surface area contributed by atoms with Gasteiger partial charge in [-0.05, 0) is 144 Å². The van der Waals surface area contributed by atoms with Crippen LogP contribution < -0.4 is 4.90 Å². The number of fused-ring (bicyclic) bond motifs is 4. The molecule has 66 heavy (non-hydrogen) atoms. The fraction of sp³-hybridized carbons (Fsp3) is 0. The maximum atomic E-state index is 6.19. The van der Waals surface area contributed by atoms with Gasteiger partial charge in [-0.25, -0.2) is 0 Å². The van der Waals surface area contributed by atoms with E-state index in [9.17, 15) is 0 Å². The molecule has 0 aliphatic heterocycles. The zero-order valence-electron chi connectivity index (χ0n) is 36.2. The minimum absolute atomic E-state index is 0.878. The van der Waals surface area contributed by atoms with E-state index in [2.05, 4.69) is 248 Å². The first-order valence-corrected chi connectivity index (χ1v) is 22.5. The third-order valence-corrected chi connectivity index (χ3v) is 12.9. The van der Waals surface area contributed by atoms with Crippen molar-refractivity contribution >= 4 is 49.6 Å². The molecule has 0 N–H and O–H groups in total. The molecule has 0 saturated carbocycles. The second-order valence-electron chi connectivity index (χ2n) is 17.0. The van der Waals surface area contributed by atoms with Gasteiger partial charge in [0.25, 0.3) is 0 Å². The van der Waals surface area contributed by atoms with Gasteiger partial charge in [0.1, 0.15) is 11.3 Å². The van der Waals surface area contributed by atoms with Gasteiger partial charge in [0.05, 0.1) is 0 Å². The molecule has 2 heteroatoms. The quantitative estimate of drug-likeness (QED) is 0.135. The second-order valence-corrected chi connectivity index (χ2v) is 17.0. The molecule has 0 saturated heterocycles. The Bertz CT molecular complexity index is 3630. The Hall–Kier alpha value is -8.72. The molecule has 0 fully saturated rings. The van der Waals surface area contributed by atoms with Crippen LogP contribution in [-0.4, -0.2) is 0 Å². The van der Waals surface area contributed by atoms with E-state index in [1.165, 1.54) is 60.5 Å². The topological polar surface area (TPSA) is 16.4 Å². The summed E-state index contributed by atoms with van der Waals surface area (Å²) < 4.78 is 6.19. The molecule has 0 amide bonds. The molecule has 0 bridgehead atoms. The van der Waals surface area contributed by atoms with E-state index in [-0.39, 0.29) is 0 Å². The van der Waals surface area contributed by atoms with Gasteiger partial charge in [0, 0.05) is 28.0 Å². The first kappa shape index (κ1) is 38.9. The maximum Gasteiger partial charge on any atom is 0.135 e. The van der Waals surface area contributed by atoms with Crippen LogP contribution >= 0.6 is 0 Å². The number of para-hydroxylation sites is 1. The SMILES string of the molecule is c1ccc(-c2cccc(-c3ccc(N(c4ccc(-c5ccc(-c6cccc(-c7cc8ccccc8o7)c6)cc5)cc4)c4ccc(-c5ccc6c(ccc7ccccc76)c5)cc4)cc3)c2)cc1. The highest BCUT2D eigenvalue weighted by Gasteiger charge is 2.15. The Morgan fingerprint density at radius 2 is 0.621 bits per heavy atom. The Morgan fingerprint density at radius 1 is 0.227 bits per heavy atom. The highest BCUT2D eigenvalue weighted by atomic mass is 16.3. The van der Waals surface area contributed by atoms with Crippen LogP contribution in [0.25, 0.3) is 99.5 Å². The van der Waals surface area contributed by atoms with E-state index in [1.807, 2.05) is 18.2 Å². The number of furan rings is 1. The van der Waals surface area contributed by atoms with Crippen molar-refractivity contribution in [1.29, 1.82) is 0 Å². The lowest BCUT2D eigenvalue weighted by atomic mass is 9.97. The summed E-state index contributed by atoms with van der Waals surface area (Å²) in [6.07, 6.45) is 0. The largest absolute Gasteiger partial charge is 0.456 e. The Kier molecular flexibility index (Phi) is 9.89. The molecule has 0 unspecified atom stereocenters. The minimum atomic E-state index is 0.878. The van der Waals surface area contributed by atoms with Gasteiger partial charge in [-0.15, -0.1) is 0 Å². The first-order chi connectivity index (χ1) is 32.7. The van der Waals surface area contributed by atoms with Crippen molar-refractivity contribution in [2.45, 2.75) is 0 Å². The van der Waals surface area contributed by atoms with Crippen LogP contribution in [0.15, 0.2) is 265 Å². The van der Waals surface area contributed by atoms with E-state index in [0.29, 0.717) is 0 Å². The van der Waals surface area contributed by atoms with Gasteiger partial charge >= 0.3 is 0 Å². The Balaban J connectivity index is 0.852. The zero-order chi connectivity index (χ0) is 43.8. The molecule has 12 aromatic rings. The van der Waals surface area contributed by atoms with Crippen LogP contribution in [0, 0.1) is 0 Å². The Labute approximate surface area is 384 Å². The summed E-state index contributed by atoms with van der Waals surface area (Å²) in [5.41, 5.74) is 17.1. The molecule has 0 radical (unpaired) electrons. The molecule has 1 heterocycles. The van der Waals surface area contributed by atoms with Gasteiger partial charge < -0.3 is 9.32 Å². The molecule has 11 aromatic carbocycles. The summed E-state index contributed by atoms with van der Waals surface area (Å²) >= 11 is 0. The van der Waals surface area contributed by atoms with Crippen molar-refractivity contribution in [3.05, 3.63) is 261 Å². The number of hydrogen-bond donors (Lipinski definition) is 0. The van der Waals surface area contributed by atoms with E-state index < -0.39 is 0 Å². The fourth-order valence-corrected chi connectivity index (χ4v) is 9.39. The standard InChI is InChI=1S/C64H43NO/c1-2-10-44(11-3-1)51-14-8-15-52(40-51)48-28-35-59(36-29-48)65(60-37-30-49(31-38-60)54-32-39-62-55(41-54)25-24-50-12-4-6-18-61(50)62)58-33-26-46(27-34-58)45-20-22-47(23-21-45)53-16-9-17-56(42-53)64-43-57-13-5-7-19-63(57)66-64/h1-43H. The van der Waals surface area contributed by atoms with Crippen molar-refractivity contribution in [1.82, 2.24) is 0 Å². The number of benzene rings is 11. The van der Waals surface area contributed by atoms with Crippen LogP contribution in [0.3, 0.4) is 0 Å². The predicted molar refractivity (Wildman–Crippen MR) is 279 cm³/mol. The van der Waals surface area contributed by atoms with Crippen LogP contribution in [0.1, 0.15) is 0 Å². The molecule has 12 rings (SSSR count). The van der Waals surface area contributed by atoms with Gasteiger partial charge in [0.15, 0.2) is 0 Å². The van der Waals surface area contributed by atoms with Gasteiger partial charge in [0.2, 0.25) is 0 Å². The van der Waals surface area contributed by atoms with Crippen LogP contribution in [-0.2, 0) is 0 Å². The van der Waals surface area contributed by atoms with Crippen molar-refractivity contribution in [3.8, 4) is 67.0 Å². The third kappa shape index (κ3) is 7.51. The number of rotatable bonds is 9. The van der Waals surface area contributed by atoms with Gasteiger partial charge in [-0.2, -0.15) is 0 Å². The number of hydrogen-bond acceptors (Lipinski definition) is 2. The van der Waals surface area contributed by atoms with Gasteiger partial charge in [-0.1, -0.05) is 194 Å². The smallest absolute Gasteiger partial charge is 0.135 e. The lowest BCUT2D eigenvalue weighted by molar-refractivity contribution is 0.631. The monoisotopic (exact) mass is 841 g/mol.